The Morgan fingerprint density at radius 3 is 3.18 bits per heavy atom. The molecule has 2 rings (SSSR count). The number of aromatic nitrogens is 1. The van der Waals surface area contributed by atoms with E-state index in [9.17, 15) is 0 Å². The van der Waals surface area contributed by atoms with Gasteiger partial charge in [-0.05, 0) is 32.1 Å². The molecule has 0 saturated heterocycles. The first-order valence-corrected chi connectivity index (χ1v) is 12.6. The van der Waals surface area contributed by atoms with Gasteiger partial charge in [-0.15, -0.1) is 17.9 Å². The number of anilines is 1. The van der Waals surface area contributed by atoms with Crippen LogP contribution in [0.15, 0.2) is 12.3 Å². The van der Waals surface area contributed by atoms with Crippen molar-refractivity contribution in [2.45, 2.75) is 26.2 Å². The molecule has 2 heterocycles. The fraction of sp³-hybridized carbons (Fsp3) is 0.545. The number of nitrogens with one attached hydrogen (secondary N) is 1. The van der Waals surface area contributed by atoms with E-state index in [1.165, 1.54) is 35.9 Å². The Morgan fingerprint density at radius 2 is 2.47 bits per heavy atom. The van der Waals surface area contributed by atoms with Gasteiger partial charge in [0.25, 0.3) is 0 Å². The van der Waals surface area contributed by atoms with Crippen molar-refractivity contribution in [2.75, 3.05) is 11.9 Å². The van der Waals surface area contributed by atoms with Gasteiger partial charge in [0.2, 0.25) is 0 Å². The minimum atomic E-state index is -0.160. The number of nitrogens with zero attached hydrogens (tertiary/aromatic N) is 1. The van der Waals surface area contributed by atoms with Crippen molar-refractivity contribution in [1.29, 1.82) is 0 Å². The van der Waals surface area contributed by atoms with Crippen molar-refractivity contribution < 1.29 is 0 Å². The Kier molecular flexibility index (Phi) is 5.57. The summed E-state index contributed by atoms with van der Waals surface area (Å²) in [7, 11) is 6.57. The Balaban J connectivity index is 2.26. The standard InChI is InChI=1S/C11H20N2P4/c1-2-3-8-6-9-10(13-7-8)4-5-12-11(9)17(15)16-14/h4-5,8,13,16H,2-3,6-7,14-15H2,1H3. The fourth-order valence-corrected chi connectivity index (χ4v) is 5.87. The Bertz CT molecular complexity index is 386. The predicted molar refractivity (Wildman–Crippen MR) is 89.1 cm³/mol. The van der Waals surface area contributed by atoms with Crippen LogP contribution in [0.3, 0.4) is 0 Å². The normalized spacial score (nSPS) is 21.2. The molecule has 6 heteroatoms. The van der Waals surface area contributed by atoms with Crippen LogP contribution in [0.25, 0.3) is 0 Å². The third-order valence-corrected chi connectivity index (χ3v) is 13.0. The van der Waals surface area contributed by atoms with Gasteiger partial charge in [-0.2, -0.15) is 0 Å². The lowest BCUT2D eigenvalue weighted by Gasteiger charge is -2.28. The number of hydrogen-bond donors (Lipinski definition) is 1. The molecule has 2 nitrogen and oxygen atoms in total. The summed E-state index contributed by atoms with van der Waals surface area (Å²) in [4.78, 5) is 4.62. The molecule has 1 aromatic rings. The zero-order chi connectivity index (χ0) is 12.3. The maximum absolute atomic E-state index is 4.62. The maximum Gasteiger partial charge on any atom is 0.0765 e. The van der Waals surface area contributed by atoms with E-state index < -0.39 is 0 Å². The summed E-state index contributed by atoms with van der Waals surface area (Å²) in [6.07, 6.45) is 5.75. The van der Waals surface area contributed by atoms with Gasteiger partial charge in [-0.3, -0.25) is 4.98 Å². The van der Waals surface area contributed by atoms with Crippen molar-refractivity contribution in [1.82, 2.24) is 4.98 Å². The van der Waals surface area contributed by atoms with Crippen LogP contribution < -0.4 is 10.8 Å². The van der Waals surface area contributed by atoms with Gasteiger partial charge in [-0.1, -0.05) is 21.3 Å². The first kappa shape index (κ1) is 14.1. The highest BCUT2D eigenvalue weighted by atomic mass is 32.6. The molecule has 0 saturated carbocycles. The van der Waals surface area contributed by atoms with Crippen LogP contribution >= 0.6 is 33.1 Å². The Labute approximate surface area is 111 Å². The molecule has 1 aromatic heterocycles. The van der Waals surface area contributed by atoms with Gasteiger partial charge in [0.1, 0.15) is 0 Å². The molecule has 0 bridgehead atoms. The molecule has 0 aromatic carbocycles. The highest BCUT2D eigenvalue weighted by Crippen LogP contribution is 2.65. The lowest BCUT2D eigenvalue weighted by Crippen LogP contribution is -2.27. The van der Waals surface area contributed by atoms with E-state index in [1.54, 1.807) is 0 Å². The summed E-state index contributed by atoms with van der Waals surface area (Å²) in [6.45, 7) is 3.40. The van der Waals surface area contributed by atoms with Crippen molar-refractivity contribution in [3.63, 3.8) is 0 Å². The van der Waals surface area contributed by atoms with Gasteiger partial charge >= 0.3 is 0 Å². The highest BCUT2D eigenvalue weighted by molar-refractivity contribution is 8.63. The van der Waals surface area contributed by atoms with Gasteiger partial charge in [0.15, 0.2) is 0 Å². The third kappa shape index (κ3) is 3.36. The van der Waals surface area contributed by atoms with Crippen molar-refractivity contribution >= 4 is 44.2 Å². The van der Waals surface area contributed by atoms with Crippen molar-refractivity contribution in [2.24, 2.45) is 5.92 Å². The quantitative estimate of drug-likeness (QED) is 0.857. The van der Waals surface area contributed by atoms with Crippen LogP contribution in [0.5, 0.6) is 0 Å². The molecule has 1 N–H and O–H groups in total. The molecule has 1 aliphatic rings. The lowest BCUT2D eigenvalue weighted by atomic mass is 9.92. The Morgan fingerprint density at radius 1 is 1.65 bits per heavy atom. The minimum absolute atomic E-state index is 0.160. The van der Waals surface area contributed by atoms with Crippen molar-refractivity contribution in [3.8, 4) is 0 Å². The zero-order valence-electron chi connectivity index (χ0n) is 10.1. The first-order valence-electron chi connectivity index (χ1n) is 5.99. The first-order chi connectivity index (χ1) is 8.26. The number of hydrogen-bond acceptors (Lipinski definition) is 2. The lowest BCUT2D eigenvalue weighted by molar-refractivity contribution is 0.490. The predicted octanol–water partition coefficient (Wildman–Crippen LogP) is 3.75. The molecular formula is C11H20N2P4. The van der Waals surface area contributed by atoms with E-state index in [2.05, 4.69) is 41.1 Å². The molecule has 0 spiro atoms. The second kappa shape index (κ2) is 6.73. The topological polar surface area (TPSA) is 24.9 Å². The van der Waals surface area contributed by atoms with E-state index in [1.807, 2.05) is 6.20 Å². The summed E-state index contributed by atoms with van der Waals surface area (Å²) < 4.78 is 0. The monoisotopic (exact) mass is 304 g/mol. The largest absolute Gasteiger partial charge is 0.384 e. The molecule has 5 unspecified atom stereocenters. The summed E-state index contributed by atoms with van der Waals surface area (Å²) in [5.74, 6) is 0.789. The SMILES string of the molecule is CCCC1CNc2ccnc(P(P)PP)c2C1. The maximum atomic E-state index is 4.62. The minimum Gasteiger partial charge on any atom is -0.384 e. The number of fused-ring (bicyclic) bond motifs is 1. The van der Waals surface area contributed by atoms with Gasteiger partial charge < -0.3 is 5.32 Å². The van der Waals surface area contributed by atoms with E-state index in [0.717, 1.165) is 20.4 Å². The average Bonchev–Trinajstić information content (AvgIpc) is 2.37. The molecule has 1 aliphatic heterocycles. The smallest absolute Gasteiger partial charge is 0.0765 e. The molecule has 0 fully saturated rings. The highest BCUT2D eigenvalue weighted by Gasteiger charge is 2.22. The number of pyridine rings is 1. The summed E-state index contributed by atoms with van der Waals surface area (Å²) in [5, 5.41) is 3.57. The van der Waals surface area contributed by atoms with E-state index in [-0.39, 0.29) is 7.30 Å². The molecule has 94 valence electrons. The van der Waals surface area contributed by atoms with E-state index in [0.29, 0.717) is 0 Å². The van der Waals surface area contributed by atoms with Crippen molar-refractivity contribution in [3.05, 3.63) is 17.8 Å². The van der Waals surface area contributed by atoms with Gasteiger partial charge in [0.05, 0.1) is 5.44 Å². The molecule has 5 atom stereocenters. The second-order valence-corrected chi connectivity index (χ2v) is 13.5. The van der Waals surface area contributed by atoms with E-state index in [4.69, 9.17) is 0 Å². The fourth-order valence-electron chi connectivity index (χ4n) is 2.34. The molecule has 0 aliphatic carbocycles. The second-order valence-electron chi connectivity index (χ2n) is 4.40. The van der Waals surface area contributed by atoms with Crippen LogP contribution in [0.4, 0.5) is 5.69 Å². The summed E-state index contributed by atoms with van der Waals surface area (Å²) in [5.41, 5.74) is 4.14. The summed E-state index contributed by atoms with van der Waals surface area (Å²) in [6, 6.07) is 2.13. The summed E-state index contributed by atoms with van der Waals surface area (Å²) >= 11 is 0. The zero-order valence-corrected chi connectivity index (χ0v) is 14.3. The molecular weight excluding hydrogens is 284 g/mol. The average molecular weight is 304 g/mol. The Hall–Kier alpha value is 0.670. The van der Waals surface area contributed by atoms with E-state index >= 15 is 0 Å². The molecule has 0 amide bonds. The van der Waals surface area contributed by atoms with Gasteiger partial charge in [-0.25, -0.2) is 0 Å². The van der Waals surface area contributed by atoms with Crippen LogP contribution in [0.2, 0.25) is 0 Å². The number of rotatable bonds is 4. The van der Waals surface area contributed by atoms with Crippen LogP contribution in [-0.2, 0) is 6.42 Å². The van der Waals surface area contributed by atoms with Crippen LogP contribution in [0, 0.1) is 5.92 Å². The molecule has 0 radical (unpaired) electrons. The van der Waals surface area contributed by atoms with Gasteiger partial charge in [0, 0.05) is 24.0 Å². The third-order valence-electron chi connectivity index (χ3n) is 3.17. The van der Waals surface area contributed by atoms with Crippen LogP contribution in [0.1, 0.15) is 25.3 Å². The molecule has 17 heavy (non-hydrogen) atoms. The van der Waals surface area contributed by atoms with Crippen LogP contribution in [-0.4, -0.2) is 11.5 Å².